The highest BCUT2D eigenvalue weighted by molar-refractivity contribution is 5.23. The van der Waals surface area contributed by atoms with Crippen LogP contribution in [0.25, 0.3) is 0 Å². The van der Waals surface area contributed by atoms with Gasteiger partial charge in [0.05, 0.1) is 24.7 Å². The van der Waals surface area contributed by atoms with Crippen molar-refractivity contribution in [1.82, 2.24) is 4.98 Å². The van der Waals surface area contributed by atoms with Crippen molar-refractivity contribution in [2.75, 3.05) is 19.8 Å². The van der Waals surface area contributed by atoms with Gasteiger partial charge in [0.1, 0.15) is 0 Å². The SMILES string of the molecule is NCC(O)C1(c2ccc[nH]2)COC1. The van der Waals surface area contributed by atoms with E-state index >= 15 is 0 Å². The molecule has 0 amide bonds. The Morgan fingerprint density at radius 1 is 1.69 bits per heavy atom. The second-order valence-electron chi connectivity index (χ2n) is 3.48. The number of aliphatic hydroxyl groups excluding tert-OH is 1. The molecule has 4 N–H and O–H groups in total. The molecule has 2 rings (SSSR count). The zero-order valence-corrected chi connectivity index (χ0v) is 7.36. The highest BCUT2D eigenvalue weighted by Crippen LogP contribution is 2.34. The normalized spacial score (nSPS) is 22.3. The van der Waals surface area contributed by atoms with E-state index < -0.39 is 6.10 Å². The monoisotopic (exact) mass is 182 g/mol. The van der Waals surface area contributed by atoms with Crippen molar-refractivity contribution in [2.24, 2.45) is 5.73 Å². The number of aromatic nitrogens is 1. The third kappa shape index (κ3) is 1.18. The summed E-state index contributed by atoms with van der Waals surface area (Å²) >= 11 is 0. The summed E-state index contributed by atoms with van der Waals surface area (Å²) in [7, 11) is 0. The molecule has 1 aromatic heterocycles. The van der Waals surface area contributed by atoms with Crippen LogP contribution in [-0.2, 0) is 10.2 Å². The minimum Gasteiger partial charge on any atom is -0.391 e. The molecule has 1 aromatic rings. The van der Waals surface area contributed by atoms with Crippen molar-refractivity contribution in [1.29, 1.82) is 0 Å². The fraction of sp³-hybridized carbons (Fsp3) is 0.556. The minimum absolute atomic E-state index is 0.266. The number of hydrogen-bond donors (Lipinski definition) is 3. The third-order valence-electron chi connectivity index (χ3n) is 2.71. The highest BCUT2D eigenvalue weighted by Gasteiger charge is 2.46. The van der Waals surface area contributed by atoms with Crippen molar-refractivity contribution < 1.29 is 9.84 Å². The Kier molecular flexibility index (Phi) is 2.11. The molecule has 1 unspecified atom stereocenters. The molecular formula is C9H14N2O2. The summed E-state index contributed by atoms with van der Waals surface area (Å²) in [5, 5.41) is 9.78. The van der Waals surface area contributed by atoms with Crippen molar-refractivity contribution in [3.8, 4) is 0 Å². The summed E-state index contributed by atoms with van der Waals surface area (Å²) in [6.07, 6.45) is 1.32. The molecule has 0 bridgehead atoms. The van der Waals surface area contributed by atoms with Gasteiger partial charge in [-0.2, -0.15) is 0 Å². The van der Waals surface area contributed by atoms with Crippen LogP contribution in [0.2, 0.25) is 0 Å². The summed E-state index contributed by atoms with van der Waals surface area (Å²) in [5.74, 6) is 0. The largest absolute Gasteiger partial charge is 0.391 e. The van der Waals surface area contributed by atoms with Gasteiger partial charge in [-0.3, -0.25) is 0 Å². The lowest BCUT2D eigenvalue weighted by molar-refractivity contribution is -0.118. The first-order chi connectivity index (χ1) is 6.29. The second-order valence-corrected chi connectivity index (χ2v) is 3.48. The van der Waals surface area contributed by atoms with Gasteiger partial charge in [0, 0.05) is 18.4 Å². The Balaban J connectivity index is 2.25. The lowest BCUT2D eigenvalue weighted by Gasteiger charge is -2.43. The van der Waals surface area contributed by atoms with E-state index in [2.05, 4.69) is 4.98 Å². The van der Waals surface area contributed by atoms with Crippen LogP contribution in [0, 0.1) is 0 Å². The van der Waals surface area contributed by atoms with Crippen LogP contribution in [0.5, 0.6) is 0 Å². The topological polar surface area (TPSA) is 71.3 Å². The average molecular weight is 182 g/mol. The van der Waals surface area contributed by atoms with Gasteiger partial charge in [-0.15, -0.1) is 0 Å². The summed E-state index contributed by atoms with van der Waals surface area (Å²) in [6.45, 7) is 1.36. The van der Waals surface area contributed by atoms with E-state index in [1.54, 1.807) is 0 Å². The molecule has 0 spiro atoms. The number of nitrogens with two attached hydrogens (primary N) is 1. The van der Waals surface area contributed by atoms with Crippen molar-refractivity contribution in [3.63, 3.8) is 0 Å². The molecule has 1 atom stereocenters. The Morgan fingerprint density at radius 3 is 2.85 bits per heavy atom. The molecule has 1 aliphatic rings. The van der Waals surface area contributed by atoms with E-state index in [9.17, 15) is 5.11 Å². The molecule has 2 heterocycles. The lowest BCUT2D eigenvalue weighted by atomic mass is 9.77. The molecule has 13 heavy (non-hydrogen) atoms. The molecule has 0 aliphatic carbocycles. The Bertz CT molecular complexity index is 267. The summed E-state index contributed by atoms with van der Waals surface area (Å²) in [4.78, 5) is 3.10. The number of hydrogen-bond acceptors (Lipinski definition) is 3. The van der Waals surface area contributed by atoms with Crippen LogP contribution in [-0.4, -0.2) is 36.0 Å². The predicted molar refractivity (Wildman–Crippen MR) is 48.4 cm³/mol. The average Bonchev–Trinajstić information content (AvgIpc) is 2.55. The number of rotatable bonds is 3. The van der Waals surface area contributed by atoms with E-state index in [0.717, 1.165) is 5.69 Å². The Labute approximate surface area is 76.7 Å². The van der Waals surface area contributed by atoms with Crippen molar-refractivity contribution >= 4 is 0 Å². The number of nitrogens with one attached hydrogen (secondary N) is 1. The zero-order chi connectivity index (χ0) is 9.31. The Hall–Kier alpha value is -0.840. The Morgan fingerprint density at radius 2 is 2.46 bits per heavy atom. The second kappa shape index (κ2) is 3.14. The van der Waals surface area contributed by atoms with Crippen LogP contribution in [0.15, 0.2) is 18.3 Å². The highest BCUT2D eigenvalue weighted by atomic mass is 16.5. The van der Waals surface area contributed by atoms with Gasteiger partial charge in [-0.05, 0) is 12.1 Å². The zero-order valence-electron chi connectivity index (χ0n) is 7.36. The van der Waals surface area contributed by atoms with Gasteiger partial charge in [0.15, 0.2) is 0 Å². The third-order valence-corrected chi connectivity index (χ3v) is 2.71. The van der Waals surface area contributed by atoms with Gasteiger partial charge in [0.2, 0.25) is 0 Å². The van der Waals surface area contributed by atoms with Gasteiger partial charge >= 0.3 is 0 Å². The van der Waals surface area contributed by atoms with Crippen LogP contribution in [0.3, 0.4) is 0 Å². The quantitative estimate of drug-likeness (QED) is 0.595. The van der Waals surface area contributed by atoms with E-state index in [1.807, 2.05) is 18.3 Å². The molecule has 4 heteroatoms. The first-order valence-corrected chi connectivity index (χ1v) is 4.39. The predicted octanol–water partition coefficient (Wildman–Crippen LogP) is -0.398. The van der Waals surface area contributed by atoms with E-state index in [4.69, 9.17) is 10.5 Å². The van der Waals surface area contributed by atoms with Gasteiger partial charge in [0.25, 0.3) is 0 Å². The van der Waals surface area contributed by atoms with Crippen LogP contribution in [0.4, 0.5) is 0 Å². The molecule has 1 saturated heterocycles. The molecular weight excluding hydrogens is 168 g/mol. The van der Waals surface area contributed by atoms with Crippen LogP contribution in [0.1, 0.15) is 5.69 Å². The van der Waals surface area contributed by atoms with Gasteiger partial charge in [-0.25, -0.2) is 0 Å². The summed E-state index contributed by atoms with van der Waals surface area (Å²) < 4.78 is 5.15. The van der Waals surface area contributed by atoms with E-state index in [-0.39, 0.29) is 12.0 Å². The summed E-state index contributed by atoms with van der Waals surface area (Å²) in [6, 6.07) is 3.88. The molecule has 0 saturated carbocycles. The molecule has 0 radical (unpaired) electrons. The lowest BCUT2D eigenvalue weighted by Crippen LogP contribution is -2.57. The number of H-pyrrole nitrogens is 1. The fourth-order valence-corrected chi connectivity index (χ4v) is 1.71. The molecule has 1 fully saturated rings. The van der Waals surface area contributed by atoms with Crippen molar-refractivity contribution in [2.45, 2.75) is 11.5 Å². The first kappa shape index (κ1) is 8.74. The maximum Gasteiger partial charge on any atom is 0.0841 e. The molecule has 4 nitrogen and oxygen atoms in total. The number of aliphatic hydroxyl groups is 1. The standard InChI is InChI=1S/C9H14N2O2/c10-4-8(12)9(5-13-6-9)7-2-1-3-11-7/h1-3,8,11-12H,4-6,10H2. The van der Waals surface area contributed by atoms with E-state index in [1.165, 1.54) is 0 Å². The fourth-order valence-electron chi connectivity index (χ4n) is 1.71. The molecule has 72 valence electrons. The van der Waals surface area contributed by atoms with Crippen LogP contribution < -0.4 is 5.73 Å². The van der Waals surface area contributed by atoms with Gasteiger partial charge < -0.3 is 20.6 Å². The van der Waals surface area contributed by atoms with Gasteiger partial charge in [-0.1, -0.05) is 0 Å². The van der Waals surface area contributed by atoms with Crippen LogP contribution >= 0.6 is 0 Å². The van der Waals surface area contributed by atoms with Crippen molar-refractivity contribution in [3.05, 3.63) is 24.0 Å². The maximum absolute atomic E-state index is 9.78. The molecule has 1 aliphatic heterocycles. The minimum atomic E-state index is -0.528. The smallest absolute Gasteiger partial charge is 0.0841 e. The maximum atomic E-state index is 9.78. The van der Waals surface area contributed by atoms with E-state index in [0.29, 0.717) is 13.2 Å². The summed E-state index contributed by atoms with van der Waals surface area (Å²) in [5.41, 5.74) is 6.17. The number of ether oxygens (including phenoxy) is 1. The number of aromatic amines is 1. The molecule has 0 aromatic carbocycles. The first-order valence-electron chi connectivity index (χ1n) is 4.39.